The van der Waals surface area contributed by atoms with Crippen molar-refractivity contribution in [3.63, 3.8) is 0 Å². The lowest BCUT2D eigenvalue weighted by Crippen LogP contribution is -2.44. The van der Waals surface area contributed by atoms with Gasteiger partial charge >= 0.3 is 0 Å². The maximum Gasteiger partial charge on any atom is 0.270 e. The number of carbonyl (C=O) groups is 3. The number of aromatic amines is 1. The van der Waals surface area contributed by atoms with Gasteiger partial charge in [0.05, 0.1) is 22.5 Å². The lowest BCUT2D eigenvalue weighted by molar-refractivity contribution is -0.127. The monoisotopic (exact) mass is 442 g/mol. The van der Waals surface area contributed by atoms with Gasteiger partial charge in [-0.2, -0.15) is 0 Å². The number of carbonyl (C=O) groups excluding carboxylic acids is 3. The molecule has 0 atom stereocenters. The van der Waals surface area contributed by atoms with Crippen molar-refractivity contribution < 1.29 is 14.4 Å². The number of ketones is 1. The fourth-order valence-corrected chi connectivity index (χ4v) is 5.02. The lowest BCUT2D eigenvalue weighted by atomic mass is 9.71. The van der Waals surface area contributed by atoms with Crippen molar-refractivity contribution in [3.05, 3.63) is 47.0 Å². The minimum absolute atomic E-state index is 0.0299. The van der Waals surface area contributed by atoms with Crippen LogP contribution in [0.2, 0.25) is 5.02 Å². The van der Waals surface area contributed by atoms with Gasteiger partial charge in [0.2, 0.25) is 5.91 Å². The molecule has 1 spiro atoms. The summed E-state index contributed by atoms with van der Waals surface area (Å²) in [6.07, 6.45) is 6.14. The van der Waals surface area contributed by atoms with Crippen molar-refractivity contribution in [2.75, 3.05) is 11.4 Å². The summed E-state index contributed by atoms with van der Waals surface area (Å²) in [5.41, 5.74) is 0.815. The summed E-state index contributed by atoms with van der Waals surface area (Å²) < 4.78 is 0. The highest BCUT2D eigenvalue weighted by molar-refractivity contribution is 6.34. The van der Waals surface area contributed by atoms with Crippen LogP contribution in [0, 0.1) is 5.41 Å². The van der Waals surface area contributed by atoms with Gasteiger partial charge in [0.25, 0.3) is 5.91 Å². The molecule has 7 nitrogen and oxygen atoms in total. The minimum atomic E-state index is -0.378. The SMILES string of the molecule is CCCC(=O)c1nc[nH]c1C(=O)NC1CCC2(CC1)CCN(c1ccccc1Cl)C2=O. The number of aromatic nitrogens is 2. The summed E-state index contributed by atoms with van der Waals surface area (Å²) in [5, 5.41) is 3.61. The fourth-order valence-electron chi connectivity index (χ4n) is 4.78. The number of para-hydroxylation sites is 1. The van der Waals surface area contributed by atoms with Crippen molar-refractivity contribution in [2.45, 2.75) is 57.9 Å². The van der Waals surface area contributed by atoms with E-state index in [2.05, 4.69) is 15.3 Å². The van der Waals surface area contributed by atoms with Crippen molar-refractivity contribution in [1.29, 1.82) is 0 Å². The number of halogens is 1. The molecule has 8 heteroatoms. The van der Waals surface area contributed by atoms with E-state index in [0.717, 1.165) is 37.8 Å². The Hall–Kier alpha value is -2.67. The summed E-state index contributed by atoms with van der Waals surface area (Å²) >= 11 is 6.31. The maximum absolute atomic E-state index is 13.3. The molecule has 2 heterocycles. The molecule has 2 fully saturated rings. The molecule has 1 aliphatic carbocycles. The summed E-state index contributed by atoms with van der Waals surface area (Å²) in [6.45, 7) is 2.58. The standard InChI is InChI=1S/C23H27ClN4O3/c1-2-5-18(29)19-20(26-14-25-19)21(30)27-15-8-10-23(11-9-15)12-13-28(22(23)31)17-7-4-3-6-16(17)24/h3-4,6-7,14-15H,2,5,8-13H2,1H3,(H,25,26)(H,27,30). The molecule has 2 amide bonds. The van der Waals surface area contributed by atoms with Gasteiger partial charge in [0.1, 0.15) is 11.4 Å². The third-order valence-electron chi connectivity index (χ3n) is 6.54. The van der Waals surface area contributed by atoms with Gasteiger partial charge in [0.15, 0.2) is 5.78 Å². The van der Waals surface area contributed by atoms with Crippen LogP contribution in [0.4, 0.5) is 5.69 Å². The first-order valence-electron chi connectivity index (χ1n) is 10.9. The van der Waals surface area contributed by atoms with Crippen LogP contribution < -0.4 is 10.2 Å². The number of Topliss-reactive ketones (excluding diaryl/α,β-unsaturated/α-hetero) is 1. The van der Waals surface area contributed by atoms with Crippen LogP contribution in [0.15, 0.2) is 30.6 Å². The second-order valence-corrected chi connectivity index (χ2v) is 8.89. The van der Waals surface area contributed by atoms with Crippen molar-refractivity contribution in [2.24, 2.45) is 5.41 Å². The van der Waals surface area contributed by atoms with E-state index < -0.39 is 0 Å². The first-order valence-corrected chi connectivity index (χ1v) is 11.3. The van der Waals surface area contributed by atoms with E-state index in [4.69, 9.17) is 11.6 Å². The van der Waals surface area contributed by atoms with Gasteiger partial charge in [-0.3, -0.25) is 14.4 Å². The van der Waals surface area contributed by atoms with Gasteiger partial charge in [-0.05, 0) is 50.7 Å². The van der Waals surface area contributed by atoms with Crippen molar-refractivity contribution in [3.8, 4) is 0 Å². The molecule has 0 unspecified atom stereocenters. The molecule has 2 N–H and O–H groups in total. The molecule has 2 aromatic rings. The fraction of sp³-hybridized carbons (Fsp3) is 0.478. The average molecular weight is 443 g/mol. The third-order valence-corrected chi connectivity index (χ3v) is 6.86. The van der Waals surface area contributed by atoms with Gasteiger partial charge < -0.3 is 15.2 Å². The van der Waals surface area contributed by atoms with E-state index in [1.165, 1.54) is 6.33 Å². The second-order valence-electron chi connectivity index (χ2n) is 8.49. The lowest BCUT2D eigenvalue weighted by Gasteiger charge is -2.36. The van der Waals surface area contributed by atoms with Crippen LogP contribution in [0.25, 0.3) is 0 Å². The van der Waals surface area contributed by atoms with Crippen LogP contribution >= 0.6 is 11.6 Å². The maximum atomic E-state index is 13.3. The summed E-state index contributed by atoms with van der Waals surface area (Å²) in [4.78, 5) is 46.8. The number of anilines is 1. The van der Waals surface area contributed by atoms with Crippen LogP contribution in [-0.2, 0) is 4.79 Å². The second kappa shape index (κ2) is 8.83. The van der Waals surface area contributed by atoms with Crippen LogP contribution in [-0.4, -0.2) is 40.2 Å². The predicted molar refractivity (Wildman–Crippen MR) is 118 cm³/mol. The van der Waals surface area contributed by atoms with E-state index in [9.17, 15) is 14.4 Å². The molecule has 2 aliphatic rings. The summed E-state index contributed by atoms with van der Waals surface area (Å²) in [7, 11) is 0. The molecular weight excluding hydrogens is 416 g/mol. The molecule has 1 aromatic heterocycles. The zero-order valence-electron chi connectivity index (χ0n) is 17.6. The van der Waals surface area contributed by atoms with Gasteiger partial charge in [0, 0.05) is 19.0 Å². The highest BCUT2D eigenvalue weighted by Crippen LogP contribution is 2.46. The third kappa shape index (κ3) is 4.11. The number of nitrogens with zero attached hydrogens (tertiary/aromatic N) is 2. The molecule has 1 aromatic carbocycles. The van der Waals surface area contributed by atoms with E-state index in [0.29, 0.717) is 24.4 Å². The summed E-state index contributed by atoms with van der Waals surface area (Å²) in [5.74, 6) is -0.313. The van der Waals surface area contributed by atoms with Gasteiger partial charge in [-0.25, -0.2) is 4.98 Å². The molecule has 1 saturated heterocycles. The molecule has 0 radical (unpaired) electrons. The van der Waals surface area contributed by atoms with Crippen LogP contribution in [0.1, 0.15) is 72.8 Å². The zero-order chi connectivity index (χ0) is 22.0. The quantitative estimate of drug-likeness (QED) is 0.657. The van der Waals surface area contributed by atoms with Crippen LogP contribution in [0.5, 0.6) is 0 Å². The normalized spacial score (nSPS) is 23.4. The molecule has 1 aliphatic heterocycles. The van der Waals surface area contributed by atoms with Crippen molar-refractivity contribution in [1.82, 2.24) is 15.3 Å². The molecule has 0 bridgehead atoms. The first kappa shape index (κ1) is 21.6. The van der Waals surface area contributed by atoms with E-state index in [-0.39, 0.29) is 40.4 Å². The number of nitrogens with one attached hydrogen (secondary N) is 2. The molecule has 31 heavy (non-hydrogen) atoms. The summed E-state index contributed by atoms with van der Waals surface area (Å²) in [6, 6.07) is 7.40. The van der Waals surface area contributed by atoms with Crippen molar-refractivity contribution >= 4 is 34.9 Å². The Morgan fingerprint density at radius 2 is 2.00 bits per heavy atom. The number of benzene rings is 1. The average Bonchev–Trinajstić information content (AvgIpc) is 3.37. The van der Waals surface area contributed by atoms with Crippen LogP contribution in [0.3, 0.4) is 0 Å². The Labute approximate surface area is 186 Å². The Morgan fingerprint density at radius 1 is 1.26 bits per heavy atom. The molecular formula is C23H27ClN4O3. The zero-order valence-corrected chi connectivity index (χ0v) is 18.4. The largest absolute Gasteiger partial charge is 0.348 e. The van der Waals surface area contributed by atoms with Gasteiger partial charge in [-0.15, -0.1) is 0 Å². The predicted octanol–water partition coefficient (Wildman–Crippen LogP) is 4.14. The highest BCUT2D eigenvalue weighted by Gasteiger charge is 2.49. The van der Waals surface area contributed by atoms with E-state index in [1.807, 2.05) is 25.1 Å². The smallest absolute Gasteiger partial charge is 0.270 e. The minimum Gasteiger partial charge on any atom is -0.348 e. The Bertz CT molecular complexity index is 994. The number of amides is 2. The first-order chi connectivity index (χ1) is 14.9. The number of hydrogen-bond donors (Lipinski definition) is 2. The van der Waals surface area contributed by atoms with E-state index >= 15 is 0 Å². The molecule has 164 valence electrons. The Balaban J connectivity index is 1.38. The number of H-pyrrole nitrogens is 1. The Kier molecular flexibility index (Phi) is 6.14. The Morgan fingerprint density at radius 3 is 2.71 bits per heavy atom. The molecule has 1 saturated carbocycles. The number of hydrogen-bond acceptors (Lipinski definition) is 4. The highest BCUT2D eigenvalue weighted by atomic mass is 35.5. The topological polar surface area (TPSA) is 95.2 Å². The van der Waals surface area contributed by atoms with E-state index in [1.54, 1.807) is 11.0 Å². The number of imidazole rings is 1. The number of rotatable bonds is 6. The van der Waals surface area contributed by atoms with Gasteiger partial charge in [-0.1, -0.05) is 30.7 Å². The molecule has 4 rings (SSSR count).